The molecule has 0 aliphatic rings. The number of hydrogen-bond donors (Lipinski definition) is 1. The van der Waals surface area contributed by atoms with Crippen molar-refractivity contribution < 1.29 is 23.8 Å². The van der Waals surface area contributed by atoms with Crippen molar-refractivity contribution in [2.24, 2.45) is 0 Å². The summed E-state index contributed by atoms with van der Waals surface area (Å²) in [6, 6.07) is 7.50. The Hall–Kier alpha value is -2.08. The summed E-state index contributed by atoms with van der Waals surface area (Å²) in [7, 11) is 0. The van der Waals surface area contributed by atoms with Gasteiger partial charge in [-0.05, 0) is 37.3 Å². The molecule has 1 heterocycles. The number of aryl methyl sites for hydroxylation is 1. The van der Waals surface area contributed by atoms with Gasteiger partial charge in [-0.15, -0.1) is 11.3 Å². The van der Waals surface area contributed by atoms with Gasteiger partial charge in [-0.1, -0.05) is 0 Å². The molecule has 2 aromatic rings. The molecule has 112 valence electrons. The number of ether oxygens (including phenoxy) is 2. The van der Waals surface area contributed by atoms with Gasteiger partial charge < -0.3 is 14.6 Å². The number of thiophene rings is 1. The van der Waals surface area contributed by atoms with Gasteiger partial charge in [0.25, 0.3) is 0 Å². The molecule has 21 heavy (non-hydrogen) atoms. The molecule has 0 amide bonds. The third kappa shape index (κ3) is 4.46. The Bertz CT molecular complexity index is 607. The quantitative estimate of drug-likeness (QED) is 0.792. The van der Waals surface area contributed by atoms with Crippen molar-refractivity contribution in [1.82, 2.24) is 0 Å². The van der Waals surface area contributed by atoms with E-state index in [0.29, 0.717) is 31.1 Å². The first-order valence-corrected chi connectivity index (χ1v) is 7.23. The highest BCUT2D eigenvalue weighted by atomic mass is 32.1. The fraction of sp³-hybridized carbons (Fsp3) is 0.267. The van der Waals surface area contributed by atoms with Gasteiger partial charge in [-0.25, -0.2) is 9.18 Å². The minimum atomic E-state index is -0.981. The minimum absolute atomic E-state index is 0.215. The van der Waals surface area contributed by atoms with Crippen LogP contribution >= 0.6 is 11.3 Å². The zero-order valence-corrected chi connectivity index (χ0v) is 12.3. The number of halogens is 1. The zero-order valence-electron chi connectivity index (χ0n) is 11.5. The molecule has 0 radical (unpaired) electrons. The van der Waals surface area contributed by atoms with Gasteiger partial charge in [0, 0.05) is 11.3 Å². The lowest BCUT2D eigenvalue weighted by Gasteiger charge is -2.07. The van der Waals surface area contributed by atoms with E-state index in [1.54, 1.807) is 18.2 Å². The van der Waals surface area contributed by atoms with Crippen LogP contribution in [0.25, 0.3) is 0 Å². The average Bonchev–Trinajstić information content (AvgIpc) is 2.82. The summed E-state index contributed by atoms with van der Waals surface area (Å²) in [6.07, 6.45) is 0.603. The van der Waals surface area contributed by atoms with E-state index in [2.05, 4.69) is 0 Å². The number of benzene rings is 1. The number of carboxylic acid groups (broad SMARTS) is 1. The second-order valence-electron chi connectivity index (χ2n) is 4.36. The molecular weight excluding hydrogens is 295 g/mol. The highest BCUT2D eigenvalue weighted by Gasteiger charge is 2.14. The summed E-state index contributed by atoms with van der Waals surface area (Å²) < 4.78 is 23.6. The summed E-state index contributed by atoms with van der Waals surface area (Å²) in [4.78, 5) is 12.1. The summed E-state index contributed by atoms with van der Waals surface area (Å²) >= 11 is 1.19. The van der Waals surface area contributed by atoms with E-state index in [1.807, 2.05) is 6.92 Å². The van der Waals surface area contributed by atoms with Crippen molar-refractivity contribution in [1.29, 1.82) is 0 Å². The molecule has 0 aliphatic carbocycles. The van der Waals surface area contributed by atoms with Crippen LogP contribution in [0.2, 0.25) is 0 Å². The van der Waals surface area contributed by atoms with E-state index in [4.69, 9.17) is 14.6 Å². The van der Waals surface area contributed by atoms with Gasteiger partial charge in [0.15, 0.2) is 4.88 Å². The maximum atomic E-state index is 12.7. The fourth-order valence-electron chi connectivity index (χ4n) is 1.71. The van der Waals surface area contributed by atoms with Crippen molar-refractivity contribution in [3.63, 3.8) is 0 Å². The number of hydrogen-bond acceptors (Lipinski definition) is 4. The molecule has 0 bridgehead atoms. The molecule has 2 rings (SSSR count). The van der Waals surface area contributed by atoms with E-state index in [9.17, 15) is 9.18 Å². The number of carbonyl (C=O) groups is 1. The predicted molar refractivity (Wildman–Crippen MR) is 78.0 cm³/mol. The second kappa shape index (κ2) is 7.08. The number of aromatic carboxylic acids is 1. The van der Waals surface area contributed by atoms with Gasteiger partial charge in [0.1, 0.15) is 17.3 Å². The first-order valence-electron chi connectivity index (χ1n) is 6.41. The fourth-order valence-corrected chi connectivity index (χ4v) is 2.50. The third-order valence-corrected chi connectivity index (χ3v) is 3.66. The number of carboxylic acids is 1. The van der Waals surface area contributed by atoms with Crippen molar-refractivity contribution in [3.8, 4) is 11.5 Å². The monoisotopic (exact) mass is 310 g/mol. The molecule has 0 aliphatic heterocycles. The molecule has 1 aromatic heterocycles. The molecule has 4 nitrogen and oxygen atoms in total. The van der Waals surface area contributed by atoms with Crippen LogP contribution < -0.4 is 9.47 Å². The maximum absolute atomic E-state index is 12.7. The normalized spacial score (nSPS) is 10.4. The van der Waals surface area contributed by atoms with E-state index < -0.39 is 5.97 Å². The maximum Gasteiger partial charge on any atom is 0.349 e. The SMILES string of the molecule is Cc1cc(OCCCOc2ccc(F)cc2)c(C(=O)O)s1. The lowest BCUT2D eigenvalue weighted by atomic mass is 10.3. The summed E-state index contributed by atoms with van der Waals surface area (Å²) in [5, 5.41) is 9.03. The first-order chi connectivity index (χ1) is 10.1. The van der Waals surface area contributed by atoms with Gasteiger partial charge in [-0.3, -0.25) is 0 Å². The Morgan fingerprint density at radius 3 is 2.57 bits per heavy atom. The Labute approximate surface area is 125 Å². The summed E-state index contributed by atoms with van der Waals surface area (Å²) in [5.41, 5.74) is 0. The third-order valence-electron chi connectivity index (χ3n) is 2.64. The summed E-state index contributed by atoms with van der Waals surface area (Å²) in [6.45, 7) is 2.61. The lowest BCUT2D eigenvalue weighted by molar-refractivity contribution is 0.0698. The molecule has 1 N–H and O–H groups in total. The Balaban J connectivity index is 1.75. The van der Waals surface area contributed by atoms with E-state index in [-0.39, 0.29) is 10.7 Å². The molecular formula is C15H15FO4S. The van der Waals surface area contributed by atoms with Crippen LogP contribution in [0.5, 0.6) is 11.5 Å². The van der Waals surface area contributed by atoms with E-state index in [1.165, 1.54) is 23.5 Å². The van der Waals surface area contributed by atoms with Crippen molar-refractivity contribution >= 4 is 17.3 Å². The average molecular weight is 310 g/mol. The highest BCUT2D eigenvalue weighted by Crippen LogP contribution is 2.28. The standard InChI is InChI=1S/C15H15FO4S/c1-10-9-13(14(21-10)15(17)18)20-8-2-7-19-12-5-3-11(16)4-6-12/h3-6,9H,2,7-8H2,1H3,(H,17,18). The highest BCUT2D eigenvalue weighted by molar-refractivity contribution is 7.14. The van der Waals surface area contributed by atoms with E-state index >= 15 is 0 Å². The zero-order chi connectivity index (χ0) is 15.2. The predicted octanol–water partition coefficient (Wildman–Crippen LogP) is 3.74. The molecule has 0 spiro atoms. The van der Waals surface area contributed by atoms with Crippen LogP contribution in [0.3, 0.4) is 0 Å². The van der Waals surface area contributed by atoms with Gasteiger partial charge in [-0.2, -0.15) is 0 Å². The molecule has 0 unspecified atom stereocenters. The van der Waals surface area contributed by atoms with Crippen molar-refractivity contribution in [2.45, 2.75) is 13.3 Å². The van der Waals surface area contributed by atoms with Crippen LogP contribution in [0.15, 0.2) is 30.3 Å². The van der Waals surface area contributed by atoms with Gasteiger partial charge in [0.2, 0.25) is 0 Å². The number of rotatable bonds is 7. The molecule has 6 heteroatoms. The topological polar surface area (TPSA) is 55.8 Å². The van der Waals surface area contributed by atoms with E-state index in [0.717, 1.165) is 4.88 Å². The van der Waals surface area contributed by atoms with Crippen LogP contribution in [0.1, 0.15) is 21.0 Å². The van der Waals surface area contributed by atoms with Crippen LogP contribution in [-0.2, 0) is 0 Å². The second-order valence-corrected chi connectivity index (χ2v) is 5.62. The minimum Gasteiger partial charge on any atom is -0.493 e. The molecule has 1 aromatic carbocycles. The van der Waals surface area contributed by atoms with Crippen LogP contribution in [0, 0.1) is 12.7 Å². The van der Waals surface area contributed by atoms with Gasteiger partial charge in [0.05, 0.1) is 13.2 Å². The molecule has 0 fully saturated rings. The largest absolute Gasteiger partial charge is 0.493 e. The van der Waals surface area contributed by atoms with Gasteiger partial charge >= 0.3 is 5.97 Å². The first kappa shape index (κ1) is 15.3. The lowest BCUT2D eigenvalue weighted by Crippen LogP contribution is -2.06. The molecule has 0 saturated carbocycles. The Morgan fingerprint density at radius 2 is 1.90 bits per heavy atom. The molecule has 0 atom stereocenters. The Morgan fingerprint density at radius 1 is 1.24 bits per heavy atom. The molecule has 0 saturated heterocycles. The van der Waals surface area contributed by atoms with Crippen molar-refractivity contribution in [2.75, 3.05) is 13.2 Å². The smallest absolute Gasteiger partial charge is 0.349 e. The van der Waals surface area contributed by atoms with Crippen molar-refractivity contribution in [3.05, 3.63) is 45.9 Å². The van der Waals surface area contributed by atoms with Crippen LogP contribution in [-0.4, -0.2) is 24.3 Å². The summed E-state index contributed by atoms with van der Waals surface area (Å²) in [5.74, 6) is -0.300. The Kier molecular flexibility index (Phi) is 5.16. The van der Waals surface area contributed by atoms with Crippen LogP contribution in [0.4, 0.5) is 4.39 Å².